The van der Waals surface area contributed by atoms with Crippen LogP contribution in [0.2, 0.25) is 0 Å². The zero-order valence-electron chi connectivity index (χ0n) is 12.5. The van der Waals surface area contributed by atoms with E-state index in [-0.39, 0.29) is 11.5 Å². The number of sulfonamides is 1. The minimum absolute atomic E-state index is 0.0531. The summed E-state index contributed by atoms with van der Waals surface area (Å²) in [7, 11) is -3.87. The van der Waals surface area contributed by atoms with Crippen LogP contribution in [-0.2, 0) is 24.3 Å². The largest absolute Gasteiger partial charge is 0.379 e. The Morgan fingerprint density at radius 3 is 2.67 bits per heavy atom. The molecule has 0 aliphatic carbocycles. The van der Waals surface area contributed by atoms with E-state index in [9.17, 15) is 13.2 Å². The van der Waals surface area contributed by atoms with E-state index in [0.717, 1.165) is 5.56 Å². The molecular weight excluding hydrogens is 294 g/mol. The number of hydrogen-bond acceptors (Lipinski definition) is 5. The number of ether oxygens (including phenoxy) is 2. The van der Waals surface area contributed by atoms with Crippen molar-refractivity contribution < 1.29 is 22.7 Å². The fourth-order valence-corrected chi connectivity index (χ4v) is 2.71. The van der Waals surface area contributed by atoms with E-state index in [1.54, 1.807) is 19.1 Å². The van der Waals surface area contributed by atoms with Crippen molar-refractivity contribution in [1.29, 1.82) is 0 Å². The summed E-state index contributed by atoms with van der Waals surface area (Å²) >= 11 is 0. The average Bonchev–Trinajstić information content (AvgIpc) is 2.43. The van der Waals surface area contributed by atoms with Crippen LogP contribution >= 0.6 is 0 Å². The molecule has 0 aliphatic heterocycles. The van der Waals surface area contributed by atoms with Crippen molar-refractivity contribution in [3.63, 3.8) is 0 Å². The number of carbonyl (C=O) groups excluding carboxylic acids is 1. The van der Waals surface area contributed by atoms with Crippen molar-refractivity contribution in [2.45, 2.75) is 31.8 Å². The van der Waals surface area contributed by atoms with E-state index < -0.39 is 22.0 Å². The second-order valence-electron chi connectivity index (χ2n) is 4.50. The van der Waals surface area contributed by atoms with Crippen LogP contribution in [-0.4, -0.2) is 40.2 Å². The number of rotatable bonds is 8. The molecule has 1 rings (SSSR count). The standard InChI is InChI=1S/C14H21NO5S/c1-4-19-8-9-20-12(3)14(16)15-21(17,18)13-7-5-6-11(2)10-13/h5-7,10,12H,4,8-9H2,1-3H3,(H,15,16)/t12-/m1/s1. The molecule has 0 aromatic heterocycles. The third kappa shape index (κ3) is 5.82. The molecule has 118 valence electrons. The SMILES string of the molecule is CCOCCO[C@H](C)C(=O)NS(=O)(=O)c1cccc(C)c1. The van der Waals surface area contributed by atoms with Crippen LogP contribution < -0.4 is 4.72 Å². The molecule has 21 heavy (non-hydrogen) atoms. The maximum atomic E-state index is 12.1. The molecule has 0 fully saturated rings. The van der Waals surface area contributed by atoms with Gasteiger partial charge in [0.05, 0.1) is 18.1 Å². The molecule has 0 radical (unpaired) electrons. The smallest absolute Gasteiger partial charge is 0.264 e. The maximum Gasteiger partial charge on any atom is 0.264 e. The lowest BCUT2D eigenvalue weighted by atomic mass is 10.2. The van der Waals surface area contributed by atoms with Gasteiger partial charge in [0.25, 0.3) is 15.9 Å². The highest BCUT2D eigenvalue weighted by Gasteiger charge is 2.22. The molecule has 1 amide bonds. The summed E-state index contributed by atoms with van der Waals surface area (Å²) in [5.74, 6) is -0.701. The van der Waals surface area contributed by atoms with E-state index in [1.807, 2.05) is 11.6 Å². The number of nitrogens with one attached hydrogen (secondary N) is 1. The summed E-state index contributed by atoms with van der Waals surface area (Å²) in [5.41, 5.74) is 0.798. The number of hydrogen-bond donors (Lipinski definition) is 1. The van der Waals surface area contributed by atoms with Crippen LogP contribution in [0.15, 0.2) is 29.2 Å². The Labute approximate surface area is 125 Å². The fraction of sp³-hybridized carbons (Fsp3) is 0.500. The van der Waals surface area contributed by atoms with Crippen LogP contribution in [0.1, 0.15) is 19.4 Å². The lowest BCUT2D eigenvalue weighted by Gasteiger charge is -2.13. The van der Waals surface area contributed by atoms with E-state index in [0.29, 0.717) is 13.2 Å². The molecule has 0 saturated heterocycles. The summed E-state index contributed by atoms with van der Waals surface area (Å²) in [5, 5.41) is 0. The van der Waals surface area contributed by atoms with Crippen LogP contribution in [0.3, 0.4) is 0 Å². The molecular formula is C14H21NO5S. The summed E-state index contributed by atoms with van der Waals surface area (Å²) in [4.78, 5) is 11.9. The minimum atomic E-state index is -3.87. The third-order valence-corrected chi connectivity index (χ3v) is 4.05. The van der Waals surface area contributed by atoms with Crippen LogP contribution in [0.25, 0.3) is 0 Å². The number of benzene rings is 1. The van der Waals surface area contributed by atoms with Gasteiger partial charge in [-0.05, 0) is 38.5 Å². The van der Waals surface area contributed by atoms with Gasteiger partial charge in [0.2, 0.25) is 0 Å². The average molecular weight is 315 g/mol. The predicted molar refractivity (Wildman–Crippen MR) is 78.4 cm³/mol. The normalized spacial score (nSPS) is 12.9. The van der Waals surface area contributed by atoms with Crippen LogP contribution in [0.4, 0.5) is 0 Å². The van der Waals surface area contributed by atoms with Gasteiger partial charge in [-0.3, -0.25) is 4.79 Å². The maximum absolute atomic E-state index is 12.1. The lowest BCUT2D eigenvalue weighted by Crippen LogP contribution is -2.39. The Kier molecular flexibility index (Phi) is 6.80. The molecule has 0 saturated carbocycles. The Morgan fingerprint density at radius 1 is 1.33 bits per heavy atom. The number of carbonyl (C=O) groups is 1. The molecule has 0 spiro atoms. The summed E-state index contributed by atoms with van der Waals surface area (Å²) in [6.07, 6.45) is -0.870. The van der Waals surface area contributed by atoms with E-state index in [1.165, 1.54) is 19.1 Å². The van der Waals surface area contributed by atoms with Crippen LogP contribution in [0.5, 0.6) is 0 Å². The topological polar surface area (TPSA) is 81.7 Å². The fourth-order valence-electron chi connectivity index (χ4n) is 1.56. The quantitative estimate of drug-likeness (QED) is 0.730. The summed E-state index contributed by atoms with van der Waals surface area (Å²) in [6.45, 7) is 6.27. The number of amides is 1. The third-order valence-electron chi connectivity index (χ3n) is 2.70. The minimum Gasteiger partial charge on any atom is -0.379 e. The Morgan fingerprint density at radius 2 is 2.05 bits per heavy atom. The molecule has 7 heteroatoms. The molecule has 0 heterocycles. The molecule has 1 atom stereocenters. The second kappa shape index (κ2) is 8.11. The summed E-state index contributed by atoms with van der Waals surface area (Å²) in [6, 6.07) is 6.33. The van der Waals surface area contributed by atoms with Gasteiger partial charge in [0, 0.05) is 6.61 Å². The number of aryl methyl sites for hydroxylation is 1. The van der Waals surface area contributed by atoms with Gasteiger partial charge in [-0.2, -0.15) is 0 Å². The molecule has 0 bridgehead atoms. The zero-order chi connectivity index (χ0) is 15.9. The first-order valence-corrected chi connectivity index (χ1v) is 8.18. The Balaban J connectivity index is 2.60. The first kappa shape index (κ1) is 17.6. The van der Waals surface area contributed by atoms with Crippen molar-refractivity contribution in [2.75, 3.05) is 19.8 Å². The van der Waals surface area contributed by atoms with Crippen molar-refractivity contribution in [3.8, 4) is 0 Å². The highest BCUT2D eigenvalue weighted by atomic mass is 32.2. The molecule has 6 nitrogen and oxygen atoms in total. The zero-order valence-corrected chi connectivity index (χ0v) is 13.3. The van der Waals surface area contributed by atoms with Gasteiger partial charge in [0.15, 0.2) is 0 Å². The monoisotopic (exact) mass is 315 g/mol. The predicted octanol–water partition coefficient (Wildman–Crippen LogP) is 1.24. The molecule has 0 unspecified atom stereocenters. The second-order valence-corrected chi connectivity index (χ2v) is 6.18. The van der Waals surface area contributed by atoms with Gasteiger partial charge in [0.1, 0.15) is 6.10 Å². The van der Waals surface area contributed by atoms with Gasteiger partial charge in [-0.15, -0.1) is 0 Å². The molecule has 1 aromatic carbocycles. The van der Waals surface area contributed by atoms with Crippen molar-refractivity contribution >= 4 is 15.9 Å². The Bertz CT molecular complexity index is 570. The lowest BCUT2D eigenvalue weighted by molar-refractivity contribution is -0.130. The van der Waals surface area contributed by atoms with Crippen LogP contribution in [0, 0.1) is 6.92 Å². The molecule has 1 aromatic rings. The van der Waals surface area contributed by atoms with E-state index >= 15 is 0 Å². The first-order chi connectivity index (χ1) is 9.86. The molecule has 1 N–H and O–H groups in total. The highest BCUT2D eigenvalue weighted by molar-refractivity contribution is 7.90. The van der Waals surface area contributed by atoms with Gasteiger partial charge in [-0.25, -0.2) is 13.1 Å². The first-order valence-electron chi connectivity index (χ1n) is 6.69. The summed E-state index contributed by atoms with van der Waals surface area (Å²) < 4.78 is 36.4. The van der Waals surface area contributed by atoms with Crippen molar-refractivity contribution in [2.24, 2.45) is 0 Å². The Hall–Kier alpha value is -1.44. The molecule has 0 aliphatic rings. The van der Waals surface area contributed by atoms with Gasteiger partial charge >= 0.3 is 0 Å². The van der Waals surface area contributed by atoms with Gasteiger partial charge < -0.3 is 9.47 Å². The van der Waals surface area contributed by atoms with E-state index in [2.05, 4.69) is 0 Å². The van der Waals surface area contributed by atoms with E-state index in [4.69, 9.17) is 9.47 Å². The van der Waals surface area contributed by atoms with Gasteiger partial charge in [-0.1, -0.05) is 12.1 Å². The van der Waals surface area contributed by atoms with Crippen molar-refractivity contribution in [1.82, 2.24) is 4.72 Å². The highest BCUT2D eigenvalue weighted by Crippen LogP contribution is 2.10. The van der Waals surface area contributed by atoms with Crippen molar-refractivity contribution in [3.05, 3.63) is 29.8 Å².